The normalized spacial score (nSPS) is 41.6. The van der Waals surface area contributed by atoms with Crippen LogP contribution in [0.3, 0.4) is 0 Å². The Labute approximate surface area is 174 Å². The molecule has 4 bridgehead atoms. The average molecular weight is 401 g/mol. The van der Waals surface area contributed by atoms with Crippen LogP contribution in [0.2, 0.25) is 0 Å². The zero-order valence-electron chi connectivity index (χ0n) is 17.8. The van der Waals surface area contributed by atoms with E-state index in [0.717, 1.165) is 49.9 Å². The highest BCUT2D eigenvalue weighted by Crippen LogP contribution is 2.61. The lowest BCUT2D eigenvalue weighted by Gasteiger charge is -2.59. The maximum atomic E-state index is 12.8. The van der Waals surface area contributed by atoms with Gasteiger partial charge in [-0.3, -0.25) is 19.3 Å². The van der Waals surface area contributed by atoms with Gasteiger partial charge in [-0.05, 0) is 81.0 Å². The molecule has 5 saturated carbocycles. The Balaban J connectivity index is 1.19. The van der Waals surface area contributed by atoms with E-state index in [-0.39, 0.29) is 48.6 Å². The standard InChI is InChI=1S/C24H36N2O3/c1-2-20(24-12-15-9-16(13-24)11-17(10-15)14-24)25-21(27)7-8-26-22(28)18-5-3-4-6-19(18)23(26)29/h15-20H,2-14H2,1H3,(H,25,27). The second-order valence-electron chi connectivity index (χ2n) is 10.9. The number of carbonyl (C=O) groups excluding carboxylic acids is 3. The first-order chi connectivity index (χ1) is 14.0. The van der Waals surface area contributed by atoms with Crippen molar-refractivity contribution in [3.05, 3.63) is 0 Å². The van der Waals surface area contributed by atoms with Crippen molar-refractivity contribution < 1.29 is 14.4 Å². The SMILES string of the molecule is CCC(NC(=O)CCN1C(=O)C2CCCCC2C1=O)C12CC3CC(CC(C3)C1)C2. The summed E-state index contributed by atoms with van der Waals surface area (Å²) < 4.78 is 0. The monoisotopic (exact) mass is 400 g/mol. The Hall–Kier alpha value is -1.39. The van der Waals surface area contributed by atoms with Gasteiger partial charge in [0.15, 0.2) is 0 Å². The Morgan fingerprint density at radius 3 is 2.00 bits per heavy atom. The van der Waals surface area contributed by atoms with Crippen LogP contribution >= 0.6 is 0 Å². The molecule has 0 aromatic heterocycles. The fraction of sp³-hybridized carbons (Fsp3) is 0.875. The molecule has 5 aliphatic carbocycles. The zero-order chi connectivity index (χ0) is 20.2. The van der Waals surface area contributed by atoms with Crippen LogP contribution in [0.15, 0.2) is 0 Å². The summed E-state index contributed by atoms with van der Waals surface area (Å²) in [4.78, 5) is 39.5. The molecule has 3 amide bonds. The number of imide groups is 1. The molecule has 5 heteroatoms. The fourth-order valence-corrected chi connectivity index (χ4v) is 8.22. The van der Waals surface area contributed by atoms with Crippen LogP contribution in [0.1, 0.15) is 84.0 Å². The molecule has 160 valence electrons. The molecule has 3 atom stereocenters. The van der Waals surface area contributed by atoms with E-state index >= 15 is 0 Å². The van der Waals surface area contributed by atoms with Crippen LogP contribution in [0, 0.1) is 35.0 Å². The molecule has 1 N–H and O–H groups in total. The van der Waals surface area contributed by atoms with E-state index in [2.05, 4.69) is 12.2 Å². The third kappa shape index (κ3) is 3.33. The molecular weight excluding hydrogens is 364 g/mol. The van der Waals surface area contributed by atoms with Crippen LogP contribution in [0.5, 0.6) is 0 Å². The molecule has 1 saturated heterocycles. The second-order valence-corrected chi connectivity index (χ2v) is 10.9. The van der Waals surface area contributed by atoms with E-state index in [0.29, 0.717) is 5.41 Å². The third-order valence-corrected chi connectivity index (χ3v) is 9.06. The van der Waals surface area contributed by atoms with Crippen molar-refractivity contribution in [1.82, 2.24) is 10.2 Å². The summed E-state index contributed by atoms with van der Waals surface area (Å²) in [5.41, 5.74) is 0.299. The summed E-state index contributed by atoms with van der Waals surface area (Å²) in [6, 6.07) is 0.246. The number of amides is 3. The first kappa shape index (κ1) is 19.6. The summed E-state index contributed by atoms with van der Waals surface area (Å²) in [5.74, 6) is 2.34. The maximum absolute atomic E-state index is 12.8. The van der Waals surface area contributed by atoms with Crippen LogP contribution in [-0.4, -0.2) is 35.2 Å². The van der Waals surface area contributed by atoms with Gasteiger partial charge in [0.05, 0.1) is 11.8 Å². The number of nitrogens with one attached hydrogen (secondary N) is 1. The molecule has 0 radical (unpaired) electrons. The molecule has 0 aromatic carbocycles. The summed E-state index contributed by atoms with van der Waals surface area (Å²) >= 11 is 0. The number of carbonyl (C=O) groups is 3. The van der Waals surface area contributed by atoms with E-state index in [9.17, 15) is 14.4 Å². The minimum absolute atomic E-state index is 0.0167. The van der Waals surface area contributed by atoms with Gasteiger partial charge in [0.1, 0.15) is 0 Å². The topological polar surface area (TPSA) is 66.5 Å². The lowest BCUT2D eigenvalue weighted by Crippen LogP contribution is -2.56. The van der Waals surface area contributed by atoms with Crippen LogP contribution < -0.4 is 5.32 Å². The van der Waals surface area contributed by atoms with E-state index in [1.807, 2.05) is 0 Å². The molecule has 1 aliphatic heterocycles. The van der Waals surface area contributed by atoms with Crippen molar-refractivity contribution in [2.45, 2.75) is 90.0 Å². The van der Waals surface area contributed by atoms with Crippen LogP contribution in [-0.2, 0) is 14.4 Å². The van der Waals surface area contributed by atoms with Gasteiger partial charge in [0.2, 0.25) is 17.7 Å². The van der Waals surface area contributed by atoms with Gasteiger partial charge in [-0.15, -0.1) is 0 Å². The molecule has 6 rings (SSSR count). The van der Waals surface area contributed by atoms with Gasteiger partial charge in [-0.1, -0.05) is 19.8 Å². The Kier molecular flexibility index (Phi) is 4.98. The predicted molar refractivity (Wildman–Crippen MR) is 110 cm³/mol. The summed E-state index contributed by atoms with van der Waals surface area (Å²) in [5, 5.41) is 3.35. The highest BCUT2D eigenvalue weighted by molar-refractivity contribution is 6.05. The smallest absolute Gasteiger partial charge is 0.233 e. The van der Waals surface area contributed by atoms with Gasteiger partial charge in [0, 0.05) is 19.0 Å². The first-order valence-electron chi connectivity index (χ1n) is 12.1. The number of hydrogen-bond donors (Lipinski definition) is 1. The van der Waals surface area contributed by atoms with E-state index in [1.54, 1.807) is 0 Å². The Morgan fingerprint density at radius 2 is 1.52 bits per heavy atom. The minimum Gasteiger partial charge on any atom is -0.353 e. The molecule has 29 heavy (non-hydrogen) atoms. The van der Waals surface area contributed by atoms with Crippen molar-refractivity contribution in [2.75, 3.05) is 6.54 Å². The van der Waals surface area contributed by atoms with Crippen LogP contribution in [0.4, 0.5) is 0 Å². The quantitative estimate of drug-likeness (QED) is 0.692. The van der Waals surface area contributed by atoms with Gasteiger partial charge in [0.25, 0.3) is 0 Å². The summed E-state index contributed by atoms with van der Waals surface area (Å²) in [7, 11) is 0. The molecule has 3 unspecified atom stereocenters. The molecule has 6 aliphatic rings. The molecule has 0 aromatic rings. The van der Waals surface area contributed by atoms with Gasteiger partial charge < -0.3 is 5.32 Å². The minimum atomic E-state index is -0.116. The van der Waals surface area contributed by atoms with Crippen molar-refractivity contribution in [3.8, 4) is 0 Å². The lowest BCUT2D eigenvalue weighted by molar-refractivity contribution is -0.140. The van der Waals surface area contributed by atoms with Crippen molar-refractivity contribution in [2.24, 2.45) is 35.0 Å². The van der Waals surface area contributed by atoms with E-state index in [4.69, 9.17) is 0 Å². The first-order valence-corrected chi connectivity index (χ1v) is 12.1. The van der Waals surface area contributed by atoms with Gasteiger partial charge >= 0.3 is 0 Å². The summed E-state index contributed by atoms with van der Waals surface area (Å²) in [6.45, 7) is 2.45. The number of likely N-dealkylation sites (tertiary alicyclic amines) is 1. The largest absolute Gasteiger partial charge is 0.353 e. The highest BCUT2D eigenvalue weighted by Gasteiger charge is 2.54. The van der Waals surface area contributed by atoms with Crippen molar-refractivity contribution >= 4 is 17.7 Å². The average Bonchev–Trinajstić information content (AvgIpc) is 2.94. The number of rotatable bonds is 6. The zero-order valence-corrected chi connectivity index (χ0v) is 17.8. The van der Waals surface area contributed by atoms with Gasteiger partial charge in [-0.25, -0.2) is 0 Å². The number of fused-ring (bicyclic) bond motifs is 1. The second kappa shape index (κ2) is 7.39. The number of nitrogens with zero attached hydrogens (tertiary/aromatic N) is 1. The predicted octanol–water partition coefficient (Wildman–Crippen LogP) is 3.66. The Morgan fingerprint density at radius 1 is 1.00 bits per heavy atom. The molecule has 6 fully saturated rings. The lowest BCUT2D eigenvalue weighted by atomic mass is 9.47. The molecule has 5 nitrogen and oxygen atoms in total. The molecule has 1 heterocycles. The third-order valence-electron chi connectivity index (χ3n) is 9.06. The van der Waals surface area contributed by atoms with E-state index in [1.165, 1.54) is 43.4 Å². The summed E-state index contributed by atoms with van der Waals surface area (Å²) in [6.07, 6.45) is 13.0. The number of hydrogen-bond acceptors (Lipinski definition) is 3. The van der Waals surface area contributed by atoms with Crippen molar-refractivity contribution in [3.63, 3.8) is 0 Å². The molecular formula is C24H36N2O3. The fourth-order valence-electron chi connectivity index (χ4n) is 8.22. The van der Waals surface area contributed by atoms with Crippen molar-refractivity contribution in [1.29, 1.82) is 0 Å². The van der Waals surface area contributed by atoms with E-state index < -0.39 is 0 Å². The molecule has 0 spiro atoms. The van der Waals surface area contributed by atoms with Crippen LogP contribution in [0.25, 0.3) is 0 Å². The Bertz CT molecular complexity index is 643. The highest BCUT2D eigenvalue weighted by atomic mass is 16.2. The maximum Gasteiger partial charge on any atom is 0.233 e. The van der Waals surface area contributed by atoms with Gasteiger partial charge in [-0.2, -0.15) is 0 Å².